The third-order valence-electron chi connectivity index (χ3n) is 2.66. The number of aromatic nitrogens is 3. The molecule has 2 aromatic rings. The number of aryl methyl sites for hydroxylation is 2. The molecule has 0 atom stereocenters. The number of nitrogens with zero attached hydrogens (tertiary/aromatic N) is 3. The van der Waals surface area contributed by atoms with Crippen LogP contribution in [-0.2, 0) is 20.1 Å². The SMILES string of the molecule is CCc1ccc(OC)c(OCc2cn(C)nn2)c1. The molecule has 0 saturated carbocycles. The van der Waals surface area contributed by atoms with Crippen LogP contribution in [0, 0.1) is 0 Å². The van der Waals surface area contributed by atoms with Gasteiger partial charge in [-0.05, 0) is 24.1 Å². The van der Waals surface area contributed by atoms with E-state index in [0.717, 1.165) is 23.6 Å². The van der Waals surface area contributed by atoms with Gasteiger partial charge < -0.3 is 9.47 Å². The molecule has 0 aliphatic heterocycles. The van der Waals surface area contributed by atoms with Crippen LogP contribution in [0.2, 0.25) is 0 Å². The van der Waals surface area contributed by atoms with E-state index in [1.165, 1.54) is 5.56 Å². The van der Waals surface area contributed by atoms with E-state index in [-0.39, 0.29) is 0 Å². The third kappa shape index (κ3) is 2.80. The van der Waals surface area contributed by atoms with Crippen molar-refractivity contribution >= 4 is 0 Å². The predicted octanol–water partition coefficient (Wildman–Crippen LogP) is 1.97. The van der Waals surface area contributed by atoms with Crippen molar-refractivity contribution in [2.24, 2.45) is 7.05 Å². The number of hydrogen-bond donors (Lipinski definition) is 0. The second-order valence-electron chi connectivity index (χ2n) is 4.01. The summed E-state index contributed by atoms with van der Waals surface area (Å²) in [5, 5.41) is 7.84. The molecule has 1 aromatic heterocycles. The molecule has 0 spiro atoms. The molecule has 0 N–H and O–H groups in total. The highest BCUT2D eigenvalue weighted by Gasteiger charge is 2.07. The first-order valence-corrected chi connectivity index (χ1v) is 5.88. The van der Waals surface area contributed by atoms with Gasteiger partial charge >= 0.3 is 0 Å². The van der Waals surface area contributed by atoms with E-state index in [0.29, 0.717) is 6.61 Å². The Hall–Kier alpha value is -2.04. The number of benzene rings is 1. The first-order valence-electron chi connectivity index (χ1n) is 5.88. The van der Waals surface area contributed by atoms with Crippen LogP contribution in [-0.4, -0.2) is 22.1 Å². The van der Waals surface area contributed by atoms with Crippen molar-refractivity contribution in [2.75, 3.05) is 7.11 Å². The van der Waals surface area contributed by atoms with Crippen LogP contribution in [0.15, 0.2) is 24.4 Å². The first-order chi connectivity index (χ1) is 8.72. The number of methoxy groups -OCH3 is 1. The van der Waals surface area contributed by atoms with Crippen LogP contribution in [0.25, 0.3) is 0 Å². The maximum atomic E-state index is 5.73. The Labute approximate surface area is 106 Å². The van der Waals surface area contributed by atoms with E-state index < -0.39 is 0 Å². The molecular formula is C13H17N3O2. The highest BCUT2D eigenvalue weighted by Crippen LogP contribution is 2.28. The Morgan fingerprint density at radius 1 is 1.28 bits per heavy atom. The Morgan fingerprint density at radius 3 is 2.72 bits per heavy atom. The molecule has 0 bridgehead atoms. The molecule has 0 radical (unpaired) electrons. The summed E-state index contributed by atoms with van der Waals surface area (Å²) < 4.78 is 12.7. The van der Waals surface area contributed by atoms with Crippen LogP contribution in [0.3, 0.4) is 0 Å². The minimum Gasteiger partial charge on any atom is -0.493 e. The number of hydrogen-bond acceptors (Lipinski definition) is 4. The van der Waals surface area contributed by atoms with Gasteiger partial charge in [0.2, 0.25) is 0 Å². The molecule has 18 heavy (non-hydrogen) atoms. The second kappa shape index (κ2) is 5.53. The van der Waals surface area contributed by atoms with E-state index >= 15 is 0 Å². The lowest BCUT2D eigenvalue weighted by Gasteiger charge is -2.10. The fourth-order valence-corrected chi connectivity index (χ4v) is 1.67. The van der Waals surface area contributed by atoms with Crippen LogP contribution in [0.1, 0.15) is 18.2 Å². The van der Waals surface area contributed by atoms with E-state index in [4.69, 9.17) is 9.47 Å². The van der Waals surface area contributed by atoms with Crippen LogP contribution >= 0.6 is 0 Å². The molecule has 1 heterocycles. The van der Waals surface area contributed by atoms with Crippen molar-refractivity contribution in [1.82, 2.24) is 15.0 Å². The molecule has 5 nitrogen and oxygen atoms in total. The van der Waals surface area contributed by atoms with Gasteiger partial charge in [-0.3, -0.25) is 4.68 Å². The molecule has 1 aromatic carbocycles. The summed E-state index contributed by atoms with van der Waals surface area (Å²) in [5.74, 6) is 1.47. The Bertz CT molecular complexity index is 523. The monoisotopic (exact) mass is 247 g/mol. The van der Waals surface area contributed by atoms with Crippen molar-refractivity contribution in [1.29, 1.82) is 0 Å². The zero-order valence-corrected chi connectivity index (χ0v) is 10.9. The topological polar surface area (TPSA) is 49.2 Å². The molecule has 0 saturated heterocycles. The molecule has 0 aliphatic rings. The quantitative estimate of drug-likeness (QED) is 0.810. The Kier molecular flexibility index (Phi) is 3.82. The lowest BCUT2D eigenvalue weighted by molar-refractivity contribution is 0.280. The van der Waals surface area contributed by atoms with Gasteiger partial charge in [-0.25, -0.2) is 0 Å². The highest BCUT2D eigenvalue weighted by molar-refractivity contribution is 5.43. The van der Waals surface area contributed by atoms with Crippen molar-refractivity contribution in [2.45, 2.75) is 20.0 Å². The van der Waals surface area contributed by atoms with Gasteiger partial charge in [-0.2, -0.15) is 0 Å². The molecule has 2 rings (SSSR count). The van der Waals surface area contributed by atoms with Gasteiger partial charge in [0.15, 0.2) is 11.5 Å². The number of ether oxygens (including phenoxy) is 2. The molecule has 0 fully saturated rings. The average Bonchev–Trinajstić information content (AvgIpc) is 2.81. The Balaban J connectivity index is 2.11. The second-order valence-corrected chi connectivity index (χ2v) is 4.01. The minimum absolute atomic E-state index is 0.386. The lowest BCUT2D eigenvalue weighted by atomic mass is 10.1. The summed E-state index contributed by atoms with van der Waals surface area (Å²) in [6.07, 6.45) is 2.79. The minimum atomic E-state index is 0.386. The largest absolute Gasteiger partial charge is 0.493 e. The lowest BCUT2D eigenvalue weighted by Crippen LogP contribution is -1.99. The van der Waals surface area contributed by atoms with Crippen LogP contribution in [0.5, 0.6) is 11.5 Å². The van der Waals surface area contributed by atoms with Crippen molar-refractivity contribution < 1.29 is 9.47 Å². The standard InChI is InChI=1S/C13H17N3O2/c1-4-10-5-6-12(17-3)13(7-10)18-9-11-8-16(2)15-14-11/h5-8H,4,9H2,1-3H3. The molecule has 96 valence electrons. The van der Waals surface area contributed by atoms with Crippen molar-refractivity contribution in [3.05, 3.63) is 35.7 Å². The smallest absolute Gasteiger partial charge is 0.162 e. The van der Waals surface area contributed by atoms with Gasteiger partial charge in [0, 0.05) is 7.05 Å². The summed E-state index contributed by atoms with van der Waals surface area (Å²) >= 11 is 0. The maximum Gasteiger partial charge on any atom is 0.162 e. The zero-order valence-electron chi connectivity index (χ0n) is 10.9. The van der Waals surface area contributed by atoms with Gasteiger partial charge in [0.1, 0.15) is 12.3 Å². The third-order valence-corrected chi connectivity index (χ3v) is 2.66. The fourth-order valence-electron chi connectivity index (χ4n) is 1.67. The van der Waals surface area contributed by atoms with Gasteiger partial charge in [0.05, 0.1) is 13.3 Å². The summed E-state index contributed by atoms with van der Waals surface area (Å²) in [7, 11) is 3.46. The van der Waals surface area contributed by atoms with Crippen molar-refractivity contribution in [3.63, 3.8) is 0 Å². The van der Waals surface area contributed by atoms with Gasteiger partial charge in [-0.15, -0.1) is 5.10 Å². The normalized spacial score (nSPS) is 10.4. The molecule has 0 aliphatic carbocycles. The zero-order chi connectivity index (χ0) is 13.0. The van der Waals surface area contributed by atoms with E-state index in [9.17, 15) is 0 Å². The molecule has 0 amide bonds. The summed E-state index contributed by atoms with van der Waals surface area (Å²) in [6, 6.07) is 5.95. The maximum absolute atomic E-state index is 5.73. The number of rotatable bonds is 5. The van der Waals surface area contributed by atoms with Gasteiger partial charge in [0.25, 0.3) is 0 Å². The average molecular weight is 247 g/mol. The molecule has 5 heteroatoms. The first kappa shape index (κ1) is 12.4. The summed E-state index contributed by atoms with van der Waals surface area (Å²) in [5.41, 5.74) is 2.01. The Morgan fingerprint density at radius 2 is 2.11 bits per heavy atom. The van der Waals surface area contributed by atoms with Crippen molar-refractivity contribution in [3.8, 4) is 11.5 Å². The predicted molar refractivity (Wildman–Crippen MR) is 67.7 cm³/mol. The van der Waals surface area contributed by atoms with Gasteiger partial charge in [-0.1, -0.05) is 18.2 Å². The molecular weight excluding hydrogens is 230 g/mol. The van der Waals surface area contributed by atoms with E-state index in [2.05, 4.69) is 17.2 Å². The fraction of sp³-hybridized carbons (Fsp3) is 0.385. The van der Waals surface area contributed by atoms with E-state index in [1.807, 2.05) is 31.4 Å². The summed E-state index contributed by atoms with van der Waals surface area (Å²) in [6.45, 7) is 2.49. The van der Waals surface area contributed by atoms with Crippen LogP contribution < -0.4 is 9.47 Å². The van der Waals surface area contributed by atoms with E-state index in [1.54, 1.807) is 11.8 Å². The highest BCUT2D eigenvalue weighted by atomic mass is 16.5. The van der Waals surface area contributed by atoms with Crippen LogP contribution in [0.4, 0.5) is 0 Å². The molecule has 0 unspecified atom stereocenters. The summed E-state index contributed by atoms with van der Waals surface area (Å²) in [4.78, 5) is 0.